The number of aromatic nitrogens is 3. The number of rotatable bonds is 9. The maximum atomic E-state index is 12.7. The highest BCUT2D eigenvalue weighted by Gasteiger charge is 2.23. The first kappa shape index (κ1) is 25.7. The summed E-state index contributed by atoms with van der Waals surface area (Å²) in [5.41, 5.74) is 1.85. The predicted octanol–water partition coefficient (Wildman–Crippen LogP) is 6.23. The molecule has 0 spiro atoms. The zero-order valence-electron chi connectivity index (χ0n) is 19.9. The minimum atomic E-state index is -0.505. The van der Waals surface area contributed by atoms with E-state index < -0.39 is 5.97 Å². The molecule has 1 amide bonds. The van der Waals surface area contributed by atoms with Crippen LogP contribution in [-0.4, -0.2) is 39.5 Å². The lowest BCUT2D eigenvalue weighted by molar-refractivity contribution is -0.113. The van der Waals surface area contributed by atoms with Crippen molar-refractivity contribution in [1.82, 2.24) is 14.8 Å². The van der Waals surface area contributed by atoms with E-state index in [0.29, 0.717) is 26.3 Å². The van der Waals surface area contributed by atoms with Gasteiger partial charge in [0, 0.05) is 29.4 Å². The fraction of sp³-hybridized carbons (Fsp3) is 0.440. The van der Waals surface area contributed by atoms with E-state index in [4.69, 9.17) is 16.3 Å². The summed E-state index contributed by atoms with van der Waals surface area (Å²) in [5, 5.41) is 15.1. The van der Waals surface area contributed by atoms with Crippen molar-refractivity contribution in [3.63, 3.8) is 0 Å². The van der Waals surface area contributed by atoms with Gasteiger partial charge in [-0.05, 0) is 30.0 Å². The molecule has 10 heteroatoms. The van der Waals surface area contributed by atoms with Crippen molar-refractivity contribution in [3.05, 3.63) is 46.1 Å². The number of benzene rings is 1. The average molecular weight is 533 g/mol. The first-order valence-corrected chi connectivity index (χ1v) is 14.0. The summed E-state index contributed by atoms with van der Waals surface area (Å²) in [5.74, 6) is 1.17. The van der Waals surface area contributed by atoms with E-state index in [1.165, 1.54) is 62.3 Å². The maximum Gasteiger partial charge on any atom is 0.341 e. The van der Waals surface area contributed by atoms with Gasteiger partial charge in [-0.3, -0.25) is 4.79 Å². The van der Waals surface area contributed by atoms with E-state index >= 15 is 0 Å². The quantitative estimate of drug-likeness (QED) is 0.260. The number of hydrogen-bond acceptors (Lipinski definition) is 7. The first-order chi connectivity index (χ1) is 17.0. The number of aryl methyl sites for hydroxylation is 1. The van der Waals surface area contributed by atoms with Crippen molar-refractivity contribution in [2.75, 3.05) is 18.2 Å². The topological polar surface area (TPSA) is 86.1 Å². The van der Waals surface area contributed by atoms with Crippen LogP contribution in [0, 0.1) is 5.92 Å². The second-order valence-electron chi connectivity index (χ2n) is 8.69. The number of anilines is 1. The standard InChI is InChI=1S/C25H29ClN4O3S2/c1-30-20(13-8-16-6-4-3-5-7-16)28-29-25(30)35-15-21(31)27-23-22(24(32)33-2)19(14-34-23)17-9-11-18(26)12-10-17/h9-12,14,16H,3-8,13,15H2,1-2H3,(H,27,31). The normalized spacial score (nSPS) is 14.1. The Labute approximate surface area is 218 Å². The molecule has 0 aliphatic heterocycles. The Hall–Kier alpha value is -2.36. The predicted molar refractivity (Wildman–Crippen MR) is 141 cm³/mol. The number of amides is 1. The molecule has 1 aliphatic carbocycles. The van der Waals surface area contributed by atoms with Crippen LogP contribution in [0.5, 0.6) is 0 Å². The van der Waals surface area contributed by atoms with Crippen LogP contribution in [0.1, 0.15) is 54.7 Å². The lowest BCUT2D eigenvalue weighted by Gasteiger charge is -2.20. The Bertz CT molecular complexity index is 1170. The SMILES string of the molecule is COC(=O)c1c(-c2ccc(Cl)cc2)csc1NC(=O)CSc1nnc(CCC2CCCCC2)n1C. The van der Waals surface area contributed by atoms with E-state index in [0.717, 1.165) is 30.1 Å². The molecule has 2 heterocycles. The Morgan fingerprint density at radius 2 is 1.94 bits per heavy atom. The highest BCUT2D eigenvalue weighted by Crippen LogP contribution is 2.37. The lowest BCUT2D eigenvalue weighted by Crippen LogP contribution is -2.16. The Morgan fingerprint density at radius 3 is 2.66 bits per heavy atom. The van der Waals surface area contributed by atoms with Crippen molar-refractivity contribution < 1.29 is 14.3 Å². The van der Waals surface area contributed by atoms with Crippen LogP contribution < -0.4 is 5.32 Å². The molecular formula is C25H29ClN4O3S2. The molecule has 0 saturated heterocycles. The molecule has 35 heavy (non-hydrogen) atoms. The van der Waals surface area contributed by atoms with Crippen molar-refractivity contribution in [2.45, 2.75) is 50.1 Å². The Kier molecular flexibility index (Phi) is 8.86. The number of nitrogens with one attached hydrogen (secondary N) is 1. The number of nitrogens with zero attached hydrogens (tertiary/aromatic N) is 3. The third-order valence-corrected chi connectivity index (χ3v) is 8.51. The third kappa shape index (κ3) is 6.45. The van der Waals surface area contributed by atoms with Gasteiger partial charge in [-0.1, -0.05) is 67.6 Å². The fourth-order valence-electron chi connectivity index (χ4n) is 4.39. The number of methoxy groups -OCH3 is 1. The first-order valence-electron chi connectivity index (χ1n) is 11.7. The van der Waals surface area contributed by atoms with Gasteiger partial charge in [0.1, 0.15) is 16.4 Å². The van der Waals surface area contributed by atoms with Gasteiger partial charge in [0.15, 0.2) is 5.16 Å². The monoisotopic (exact) mass is 532 g/mol. The van der Waals surface area contributed by atoms with Gasteiger partial charge in [0.2, 0.25) is 5.91 Å². The summed E-state index contributed by atoms with van der Waals surface area (Å²) in [6.45, 7) is 0. The highest BCUT2D eigenvalue weighted by molar-refractivity contribution is 7.99. The maximum absolute atomic E-state index is 12.7. The highest BCUT2D eigenvalue weighted by atomic mass is 35.5. The zero-order valence-corrected chi connectivity index (χ0v) is 22.3. The van der Waals surface area contributed by atoms with Gasteiger partial charge in [0.05, 0.1) is 12.9 Å². The van der Waals surface area contributed by atoms with Gasteiger partial charge < -0.3 is 14.6 Å². The average Bonchev–Trinajstić information content (AvgIpc) is 3.45. The summed E-state index contributed by atoms with van der Waals surface area (Å²) in [6, 6.07) is 7.18. The smallest absolute Gasteiger partial charge is 0.341 e. The molecule has 0 bridgehead atoms. The number of ether oxygens (including phenoxy) is 1. The number of hydrogen-bond donors (Lipinski definition) is 1. The van der Waals surface area contributed by atoms with E-state index in [1.807, 2.05) is 29.1 Å². The molecule has 0 atom stereocenters. The number of esters is 1. The van der Waals surface area contributed by atoms with E-state index in [1.54, 1.807) is 12.1 Å². The summed E-state index contributed by atoms with van der Waals surface area (Å²) < 4.78 is 6.96. The summed E-state index contributed by atoms with van der Waals surface area (Å²) in [4.78, 5) is 25.3. The fourth-order valence-corrected chi connectivity index (χ4v) is 6.22. The van der Waals surface area contributed by atoms with Crippen LogP contribution in [0.3, 0.4) is 0 Å². The molecule has 1 fully saturated rings. The molecule has 7 nitrogen and oxygen atoms in total. The second-order valence-corrected chi connectivity index (χ2v) is 10.9. The molecular weight excluding hydrogens is 504 g/mol. The summed E-state index contributed by atoms with van der Waals surface area (Å²) in [6.07, 6.45) is 8.71. The van der Waals surface area contributed by atoms with Gasteiger partial charge in [-0.25, -0.2) is 4.79 Å². The zero-order chi connectivity index (χ0) is 24.8. The van der Waals surface area contributed by atoms with Gasteiger partial charge >= 0.3 is 5.97 Å². The number of thiophene rings is 1. The summed E-state index contributed by atoms with van der Waals surface area (Å²) >= 11 is 8.61. The Morgan fingerprint density at radius 1 is 1.20 bits per heavy atom. The molecule has 0 unspecified atom stereocenters. The Balaban J connectivity index is 1.38. The minimum Gasteiger partial charge on any atom is -0.465 e. The third-order valence-electron chi connectivity index (χ3n) is 6.35. The number of thioether (sulfide) groups is 1. The van der Waals surface area contributed by atoms with Crippen LogP contribution in [0.15, 0.2) is 34.8 Å². The molecule has 3 aromatic rings. The van der Waals surface area contributed by atoms with E-state index in [-0.39, 0.29) is 11.7 Å². The van der Waals surface area contributed by atoms with E-state index in [9.17, 15) is 9.59 Å². The van der Waals surface area contributed by atoms with Crippen molar-refractivity contribution in [3.8, 4) is 11.1 Å². The molecule has 1 saturated carbocycles. The molecule has 1 aliphatic rings. The number of halogens is 1. The van der Waals surface area contributed by atoms with Crippen LogP contribution in [-0.2, 0) is 23.0 Å². The van der Waals surface area contributed by atoms with Crippen LogP contribution in [0.2, 0.25) is 5.02 Å². The van der Waals surface area contributed by atoms with Crippen molar-refractivity contribution in [2.24, 2.45) is 13.0 Å². The second kappa shape index (κ2) is 12.1. The van der Waals surface area contributed by atoms with Gasteiger partial charge in [-0.15, -0.1) is 21.5 Å². The van der Waals surface area contributed by atoms with Gasteiger partial charge in [0.25, 0.3) is 0 Å². The molecule has 1 aromatic carbocycles. The molecule has 4 rings (SSSR count). The number of carbonyl (C=O) groups excluding carboxylic acids is 2. The summed E-state index contributed by atoms with van der Waals surface area (Å²) in [7, 11) is 3.27. The van der Waals surface area contributed by atoms with Crippen LogP contribution in [0.25, 0.3) is 11.1 Å². The largest absolute Gasteiger partial charge is 0.465 e. The minimum absolute atomic E-state index is 0.156. The lowest BCUT2D eigenvalue weighted by atomic mass is 9.86. The van der Waals surface area contributed by atoms with Crippen molar-refractivity contribution >= 4 is 51.6 Å². The molecule has 0 radical (unpaired) electrons. The molecule has 2 aromatic heterocycles. The molecule has 186 valence electrons. The molecule has 1 N–H and O–H groups in total. The number of carbonyl (C=O) groups is 2. The van der Waals surface area contributed by atoms with Crippen LogP contribution in [0.4, 0.5) is 5.00 Å². The van der Waals surface area contributed by atoms with E-state index in [2.05, 4.69) is 15.5 Å². The van der Waals surface area contributed by atoms with Crippen molar-refractivity contribution in [1.29, 1.82) is 0 Å². The van der Waals surface area contributed by atoms with Crippen LogP contribution >= 0.6 is 34.7 Å². The van der Waals surface area contributed by atoms with Gasteiger partial charge in [-0.2, -0.15) is 0 Å².